The number of carbonyl (C=O) groups excluding carboxylic acids is 1. The molecule has 0 spiro atoms. The zero-order valence-corrected chi connectivity index (χ0v) is 11.6. The van der Waals surface area contributed by atoms with Crippen molar-refractivity contribution in [2.45, 2.75) is 0 Å². The average molecular weight is 365 g/mol. The lowest BCUT2D eigenvalue weighted by atomic mass is 10.1. The maximum Gasteiger partial charge on any atom is 0.237 e. The standard InChI is InChI=1S/C10H4Br2ClNO2/c11-5-1-2-6(8(12)3-5)9-7(4-15)10(13)16-14-9/h1-4H. The van der Waals surface area contributed by atoms with Crippen LogP contribution in [0.15, 0.2) is 31.7 Å². The van der Waals surface area contributed by atoms with E-state index >= 15 is 0 Å². The first-order chi connectivity index (χ1) is 7.63. The Morgan fingerprint density at radius 1 is 1.38 bits per heavy atom. The Balaban J connectivity index is 2.63. The van der Waals surface area contributed by atoms with E-state index in [2.05, 4.69) is 37.0 Å². The zero-order chi connectivity index (χ0) is 11.7. The average Bonchev–Trinajstić information content (AvgIpc) is 2.59. The summed E-state index contributed by atoms with van der Waals surface area (Å²) in [5.74, 6) is 0. The smallest absolute Gasteiger partial charge is 0.237 e. The molecule has 0 radical (unpaired) electrons. The van der Waals surface area contributed by atoms with Crippen LogP contribution in [0.5, 0.6) is 0 Å². The van der Waals surface area contributed by atoms with Gasteiger partial charge >= 0.3 is 0 Å². The monoisotopic (exact) mass is 363 g/mol. The van der Waals surface area contributed by atoms with Gasteiger partial charge in [0.2, 0.25) is 5.22 Å². The molecule has 1 aromatic heterocycles. The molecule has 0 aliphatic heterocycles. The molecule has 6 heteroatoms. The highest BCUT2D eigenvalue weighted by Crippen LogP contribution is 2.33. The van der Waals surface area contributed by atoms with Gasteiger partial charge in [-0.3, -0.25) is 4.79 Å². The summed E-state index contributed by atoms with van der Waals surface area (Å²) in [5.41, 5.74) is 1.44. The lowest BCUT2D eigenvalue weighted by Gasteiger charge is -2.01. The Bertz CT molecular complexity index is 554. The molecule has 0 atom stereocenters. The van der Waals surface area contributed by atoms with E-state index in [0.29, 0.717) is 12.0 Å². The highest BCUT2D eigenvalue weighted by molar-refractivity contribution is 9.11. The van der Waals surface area contributed by atoms with Crippen LogP contribution in [0.25, 0.3) is 11.3 Å². The van der Waals surface area contributed by atoms with Crippen molar-refractivity contribution in [2.75, 3.05) is 0 Å². The van der Waals surface area contributed by atoms with Gasteiger partial charge in [-0.25, -0.2) is 0 Å². The van der Waals surface area contributed by atoms with Crippen LogP contribution >= 0.6 is 43.5 Å². The van der Waals surface area contributed by atoms with E-state index in [4.69, 9.17) is 16.1 Å². The van der Waals surface area contributed by atoms with Crippen molar-refractivity contribution in [3.63, 3.8) is 0 Å². The summed E-state index contributed by atoms with van der Waals surface area (Å²) in [5, 5.41) is 3.76. The van der Waals surface area contributed by atoms with Crippen molar-refractivity contribution in [2.24, 2.45) is 0 Å². The third-order valence-corrected chi connectivity index (χ3v) is 3.41. The van der Waals surface area contributed by atoms with Crippen LogP contribution in [0.3, 0.4) is 0 Å². The van der Waals surface area contributed by atoms with Crippen LogP contribution in [-0.2, 0) is 0 Å². The normalized spacial score (nSPS) is 10.4. The van der Waals surface area contributed by atoms with Crippen LogP contribution in [0.4, 0.5) is 0 Å². The van der Waals surface area contributed by atoms with E-state index in [1.54, 1.807) is 0 Å². The third kappa shape index (κ3) is 2.07. The van der Waals surface area contributed by atoms with Gasteiger partial charge in [0.05, 0.1) is 0 Å². The van der Waals surface area contributed by atoms with Crippen LogP contribution in [-0.4, -0.2) is 11.4 Å². The van der Waals surface area contributed by atoms with Crippen molar-refractivity contribution >= 4 is 49.7 Å². The number of halogens is 3. The van der Waals surface area contributed by atoms with Gasteiger partial charge in [0, 0.05) is 14.5 Å². The molecule has 0 saturated carbocycles. The van der Waals surface area contributed by atoms with E-state index in [1.807, 2.05) is 18.2 Å². The molecule has 2 rings (SSSR count). The second kappa shape index (κ2) is 4.69. The molecule has 2 aromatic rings. The fraction of sp³-hybridized carbons (Fsp3) is 0. The summed E-state index contributed by atoms with van der Waals surface area (Å²) >= 11 is 12.4. The Labute approximate surface area is 113 Å². The van der Waals surface area contributed by atoms with Crippen LogP contribution < -0.4 is 0 Å². The molecule has 0 N–H and O–H groups in total. The number of aldehydes is 1. The second-order valence-electron chi connectivity index (χ2n) is 2.96. The molecule has 82 valence electrons. The number of hydrogen-bond acceptors (Lipinski definition) is 3. The minimum absolute atomic E-state index is 0.000168. The predicted octanol–water partition coefficient (Wildman–Crippen LogP) is 4.33. The van der Waals surface area contributed by atoms with Crippen molar-refractivity contribution in [1.29, 1.82) is 0 Å². The Morgan fingerprint density at radius 2 is 2.12 bits per heavy atom. The first kappa shape index (κ1) is 11.8. The van der Waals surface area contributed by atoms with Gasteiger partial charge in [-0.15, -0.1) is 0 Å². The molecule has 0 bridgehead atoms. The minimum Gasteiger partial charge on any atom is -0.343 e. The van der Waals surface area contributed by atoms with E-state index in [1.165, 1.54) is 0 Å². The first-order valence-electron chi connectivity index (χ1n) is 4.19. The summed E-state index contributed by atoms with van der Waals surface area (Å²) in [6.45, 7) is 0. The molecular formula is C10H4Br2ClNO2. The van der Waals surface area contributed by atoms with E-state index < -0.39 is 0 Å². The lowest BCUT2D eigenvalue weighted by Crippen LogP contribution is -1.86. The van der Waals surface area contributed by atoms with Gasteiger partial charge < -0.3 is 4.52 Å². The van der Waals surface area contributed by atoms with E-state index in [9.17, 15) is 4.79 Å². The first-order valence-corrected chi connectivity index (χ1v) is 6.15. The molecule has 0 saturated heterocycles. The molecule has 1 heterocycles. The Kier molecular flexibility index (Phi) is 3.47. The van der Waals surface area contributed by atoms with Gasteiger partial charge in [0.15, 0.2) is 6.29 Å². The summed E-state index contributed by atoms with van der Waals surface area (Å²) in [6.07, 6.45) is 0.628. The minimum atomic E-state index is -0.000168. The van der Waals surface area contributed by atoms with Gasteiger partial charge in [-0.2, -0.15) is 0 Å². The topological polar surface area (TPSA) is 43.1 Å². The maximum atomic E-state index is 10.9. The number of rotatable bonds is 2. The largest absolute Gasteiger partial charge is 0.343 e. The molecule has 16 heavy (non-hydrogen) atoms. The summed E-state index contributed by atoms with van der Waals surface area (Å²) in [6, 6.07) is 5.51. The summed E-state index contributed by atoms with van der Waals surface area (Å²) in [7, 11) is 0. The molecule has 3 nitrogen and oxygen atoms in total. The van der Waals surface area contributed by atoms with Gasteiger partial charge in [0.25, 0.3) is 0 Å². The van der Waals surface area contributed by atoms with Crippen molar-refractivity contribution < 1.29 is 9.32 Å². The maximum absolute atomic E-state index is 10.9. The van der Waals surface area contributed by atoms with Crippen LogP contribution in [0.2, 0.25) is 5.22 Å². The fourth-order valence-electron chi connectivity index (χ4n) is 1.26. The molecule has 0 aliphatic rings. The van der Waals surface area contributed by atoms with E-state index in [0.717, 1.165) is 14.5 Å². The SMILES string of the molecule is O=Cc1c(-c2ccc(Br)cc2Br)noc1Cl. The van der Waals surface area contributed by atoms with Crippen LogP contribution in [0.1, 0.15) is 10.4 Å². The zero-order valence-electron chi connectivity index (χ0n) is 7.71. The van der Waals surface area contributed by atoms with Crippen molar-refractivity contribution in [3.05, 3.63) is 37.9 Å². The number of carbonyl (C=O) groups is 1. The molecule has 0 fully saturated rings. The van der Waals surface area contributed by atoms with Crippen molar-refractivity contribution in [1.82, 2.24) is 5.16 Å². The predicted molar refractivity (Wildman–Crippen MR) is 67.7 cm³/mol. The summed E-state index contributed by atoms with van der Waals surface area (Å²) in [4.78, 5) is 10.9. The number of aromatic nitrogens is 1. The quantitative estimate of drug-likeness (QED) is 0.744. The number of nitrogens with zero attached hydrogens (tertiary/aromatic N) is 1. The molecule has 0 aliphatic carbocycles. The molecule has 0 unspecified atom stereocenters. The van der Waals surface area contributed by atoms with Gasteiger partial charge in [0.1, 0.15) is 11.3 Å². The number of benzene rings is 1. The Hall–Kier alpha value is -0.650. The second-order valence-corrected chi connectivity index (χ2v) is 5.07. The lowest BCUT2D eigenvalue weighted by molar-refractivity contribution is 0.112. The van der Waals surface area contributed by atoms with E-state index in [-0.39, 0.29) is 10.8 Å². The van der Waals surface area contributed by atoms with Gasteiger partial charge in [-0.05, 0) is 23.7 Å². The molecular weight excluding hydrogens is 361 g/mol. The van der Waals surface area contributed by atoms with Crippen LogP contribution in [0, 0.1) is 0 Å². The van der Waals surface area contributed by atoms with Crippen molar-refractivity contribution in [3.8, 4) is 11.3 Å². The summed E-state index contributed by atoms with van der Waals surface area (Å²) < 4.78 is 6.50. The fourth-order valence-corrected chi connectivity index (χ4v) is 2.66. The third-order valence-electron chi connectivity index (χ3n) is 1.99. The molecule has 0 amide bonds. The number of hydrogen-bond donors (Lipinski definition) is 0. The highest BCUT2D eigenvalue weighted by atomic mass is 79.9. The highest BCUT2D eigenvalue weighted by Gasteiger charge is 2.17. The molecule has 1 aromatic carbocycles. The van der Waals surface area contributed by atoms with Gasteiger partial charge in [-0.1, -0.05) is 43.1 Å². The Morgan fingerprint density at radius 3 is 2.75 bits per heavy atom.